The van der Waals surface area contributed by atoms with E-state index in [-0.39, 0.29) is 93.8 Å². The first-order valence-corrected chi connectivity index (χ1v) is 31.1. The first-order valence-electron chi connectivity index (χ1n) is 31.1. The lowest BCUT2D eigenvalue weighted by Crippen LogP contribution is -2.39. The minimum Gasteiger partial charge on any atom is -0.507 e. The first kappa shape index (κ1) is 64.3. The van der Waals surface area contributed by atoms with Gasteiger partial charge in [-0.15, -0.1) is 0 Å². The van der Waals surface area contributed by atoms with Gasteiger partial charge in [0.2, 0.25) is 0 Å². The maximum absolute atomic E-state index is 14.1. The number of phenols is 4. The highest BCUT2D eigenvalue weighted by atomic mass is 16.6. The third-order valence-electron chi connectivity index (χ3n) is 17.8. The van der Waals surface area contributed by atoms with E-state index in [0.717, 1.165) is 30.4 Å². The Labute approximate surface area is 526 Å². The number of unbranched alkanes of at least 4 members (excludes halogenated alkanes) is 6. The van der Waals surface area contributed by atoms with E-state index in [2.05, 4.69) is 10.6 Å². The SMILES string of the molecule is COc1ccc(COC(=O)NC2CCC(C(=O)OC(CCCCCCCCCC(OC(=O)C3CCC(NC(=O)OCc4ccc(OC)cc4)CC3)c3cc(O)c4c(c3O)C(=O)c3ccccc3C4=O)c3cc(O)c4c(c3O)C(=O)c3ccccc3C4=O)CC2)cc1. The van der Waals surface area contributed by atoms with E-state index in [1.54, 1.807) is 87.0 Å². The quantitative estimate of drug-likeness (QED) is 0.0142. The Kier molecular flexibility index (Phi) is 20.7. The fraction of sp³-hybridized carbons (Fsp3) is 0.380. The average molecular weight is 1240 g/mol. The minimum atomic E-state index is -1.12. The zero-order chi connectivity index (χ0) is 64.3. The zero-order valence-electron chi connectivity index (χ0n) is 50.8. The van der Waals surface area contributed by atoms with Crippen LogP contribution in [0.4, 0.5) is 9.59 Å². The molecule has 476 valence electrons. The number of rotatable bonds is 24. The molecule has 20 heteroatoms. The van der Waals surface area contributed by atoms with Gasteiger partial charge in [0, 0.05) is 45.5 Å². The molecule has 6 N–H and O–H groups in total. The van der Waals surface area contributed by atoms with Gasteiger partial charge in [-0.2, -0.15) is 0 Å². The van der Waals surface area contributed by atoms with Crippen molar-refractivity contribution in [3.8, 4) is 34.5 Å². The molecule has 4 aliphatic carbocycles. The Morgan fingerprint density at radius 3 is 1.09 bits per heavy atom. The normalized spacial score (nSPS) is 18.0. The molecule has 91 heavy (non-hydrogen) atoms. The Morgan fingerprint density at radius 2 is 0.758 bits per heavy atom. The number of phenolic OH excluding ortho intramolecular Hbond substituents is 4. The lowest BCUT2D eigenvalue weighted by molar-refractivity contribution is -0.157. The van der Waals surface area contributed by atoms with Gasteiger partial charge in [0.05, 0.1) is 48.3 Å². The van der Waals surface area contributed by atoms with Crippen LogP contribution in [-0.4, -0.2) is 94.0 Å². The third-order valence-corrected chi connectivity index (χ3v) is 17.8. The van der Waals surface area contributed by atoms with Crippen LogP contribution in [0.1, 0.15) is 207 Å². The summed E-state index contributed by atoms with van der Waals surface area (Å²) in [7, 11) is 3.12. The van der Waals surface area contributed by atoms with E-state index in [4.69, 9.17) is 28.4 Å². The third kappa shape index (κ3) is 14.8. The van der Waals surface area contributed by atoms with Gasteiger partial charge >= 0.3 is 24.1 Å². The van der Waals surface area contributed by atoms with Crippen LogP contribution in [0.3, 0.4) is 0 Å². The number of methoxy groups -OCH3 is 2. The average Bonchev–Trinajstić information content (AvgIpc) is 0.959. The number of ether oxygens (including phenoxy) is 6. The summed E-state index contributed by atoms with van der Waals surface area (Å²) in [6.07, 6.45) is 4.74. The van der Waals surface area contributed by atoms with E-state index in [1.165, 1.54) is 36.4 Å². The van der Waals surface area contributed by atoms with Gasteiger partial charge in [-0.25, -0.2) is 9.59 Å². The Hall–Kier alpha value is -9.72. The predicted octanol–water partition coefficient (Wildman–Crippen LogP) is 12.4. The van der Waals surface area contributed by atoms with Crippen molar-refractivity contribution in [1.29, 1.82) is 0 Å². The number of nitrogens with one attached hydrogen (secondary N) is 2. The van der Waals surface area contributed by atoms with Gasteiger partial charge in [-0.1, -0.05) is 105 Å². The molecule has 0 spiro atoms. The Bertz CT molecular complexity index is 3470. The maximum atomic E-state index is 14.1. The van der Waals surface area contributed by atoms with Crippen molar-refractivity contribution < 1.29 is 87.2 Å². The van der Waals surface area contributed by atoms with Crippen LogP contribution in [0, 0.1) is 11.8 Å². The van der Waals surface area contributed by atoms with Gasteiger partial charge in [-0.05, 0) is 125 Å². The lowest BCUT2D eigenvalue weighted by atomic mass is 9.81. The molecule has 0 heterocycles. The molecule has 0 saturated heterocycles. The van der Waals surface area contributed by atoms with Crippen molar-refractivity contribution in [2.75, 3.05) is 14.2 Å². The summed E-state index contributed by atoms with van der Waals surface area (Å²) in [5.41, 5.74) is 0.435. The number of fused-ring (bicyclic) bond motifs is 4. The summed E-state index contributed by atoms with van der Waals surface area (Å²) in [5.74, 6) is -5.65. The molecule has 6 aromatic rings. The smallest absolute Gasteiger partial charge is 0.407 e. The van der Waals surface area contributed by atoms with Crippen LogP contribution in [-0.2, 0) is 41.8 Å². The molecule has 0 bridgehead atoms. The molecule has 20 nitrogen and oxygen atoms in total. The number of hydrogen-bond acceptors (Lipinski definition) is 18. The zero-order valence-corrected chi connectivity index (χ0v) is 50.8. The van der Waals surface area contributed by atoms with E-state index < -0.39 is 94.3 Å². The molecular formula is C71H74N2O18. The predicted molar refractivity (Wildman–Crippen MR) is 329 cm³/mol. The van der Waals surface area contributed by atoms with Gasteiger partial charge in [0.1, 0.15) is 59.9 Å². The molecule has 2 amide bonds. The van der Waals surface area contributed by atoms with Crippen molar-refractivity contribution in [2.24, 2.45) is 11.8 Å². The first-order chi connectivity index (χ1) is 44.0. The van der Waals surface area contributed by atoms with Crippen LogP contribution < -0.4 is 20.1 Å². The summed E-state index contributed by atoms with van der Waals surface area (Å²) in [6.45, 7) is 0.115. The second kappa shape index (κ2) is 29.3. The van der Waals surface area contributed by atoms with Crippen LogP contribution in [0.25, 0.3) is 0 Å². The summed E-state index contributed by atoms with van der Waals surface area (Å²) < 4.78 is 33.7. The highest BCUT2D eigenvalue weighted by Gasteiger charge is 2.41. The van der Waals surface area contributed by atoms with Crippen molar-refractivity contribution >= 4 is 47.3 Å². The molecule has 0 radical (unpaired) electrons. The molecule has 2 fully saturated rings. The fourth-order valence-corrected chi connectivity index (χ4v) is 12.7. The van der Waals surface area contributed by atoms with Crippen LogP contribution in [0.5, 0.6) is 34.5 Å². The summed E-state index contributed by atoms with van der Waals surface area (Å²) in [4.78, 5) is 109. The molecule has 2 saturated carbocycles. The number of benzene rings is 6. The number of hydrogen-bond donors (Lipinski definition) is 6. The van der Waals surface area contributed by atoms with E-state index in [1.807, 2.05) is 0 Å². The van der Waals surface area contributed by atoms with Crippen molar-refractivity contribution in [3.05, 3.63) is 176 Å². The Balaban J connectivity index is 0.754. The van der Waals surface area contributed by atoms with E-state index >= 15 is 0 Å². The summed E-state index contributed by atoms with van der Waals surface area (Å²) in [5, 5.41) is 52.3. The van der Waals surface area contributed by atoms with Crippen molar-refractivity contribution in [1.82, 2.24) is 10.6 Å². The fourth-order valence-electron chi connectivity index (χ4n) is 12.7. The van der Waals surface area contributed by atoms with Crippen LogP contribution in [0.15, 0.2) is 109 Å². The van der Waals surface area contributed by atoms with Gasteiger partial charge in [-0.3, -0.25) is 28.8 Å². The van der Waals surface area contributed by atoms with E-state index in [9.17, 15) is 58.8 Å². The van der Waals surface area contributed by atoms with E-state index in [0.29, 0.717) is 88.5 Å². The number of carbonyl (C=O) groups excluding carboxylic acids is 8. The van der Waals surface area contributed by atoms with Crippen LogP contribution in [0.2, 0.25) is 0 Å². The molecule has 0 aliphatic heterocycles. The maximum Gasteiger partial charge on any atom is 0.407 e. The number of ketones is 4. The number of alkyl carbamates (subject to hydrolysis) is 2. The van der Waals surface area contributed by atoms with Gasteiger partial charge < -0.3 is 59.5 Å². The van der Waals surface area contributed by atoms with Crippen molar-refractivity contribution in [2.45, 2.75) is 147 Å². The highest BCUT2D eigenvalue weighted by Crippen LogP contribution is 2.47. The number of aromatic hydroxyl groups is 4. The van der Waals surface area contributed by atoms with Gasteiger partial charge in [0.25, 0.3) is 0 Å². The Morgan fingerprint density at radius 1 is 0.440 bits per heavy atom. The molecule has 6 aromatic carbocycles. The molecule has 2 atom stereocenters. The van der Waals surface area contributed by atoms with Crippen LogP contribution >= 0.6 is 0 Å². The largest absolute Gasteiger partial charge is 0.507 e. The second-order valence-corrected chi connectivity index (χ2v) is 23.7. The molecule has 0 aromatic heterocycles. The number of esters is 2. The van der Waals surface area contributed by atoms with Gasteiger partial charge in [0.15, 0.2) is 23.1 Å². The molecule has 2 unspecified atom stereocenters. The monoisotopic (exact) mass is 1240 g/mol. The minimum absolute atomic E-state index is 0.0156. The molecule has 4 aliphatic rings. The van der Waals surface area contributed by atoms with Crippen molar-refractivity contribution in [3.63, 3.8) is 0 Å². The lowest BCUT2D eigenvalue weighted by Gasteiger charge is -2.30. The summed E-state index contributed by atoms with van der Waals surface area (Å²) in [6, 6.07) is 28.4. The topological polar surface area (TPSA) is 297 Å². The molecule has 10 rings (SSSR count). The highest BCUT2D eigenvalue weighted by molar-refractivity contribution is 6.31. The number of carbonyl (C=O) groups is 8. The second-order valence-electron chi connectivity index (χ2n) is 23.7. The summed E-state index contributed by atoms with van der Waals surface area (Å²) >= 11 is 0. The standard InChI is InChI=1S/C71H74N2O18/c1-86-46-32-20-40(21-33-46)38-88-70(84)72-44-28-24-42(25-29-44)68(82)90-56(52-36-54(74)58-60(66(52)80)64(78)50-16-12-10-14-48(50)62(58)76)18-8-6-4-3-5-7-9-19-57(53-37-55(75)59-61(67(53)81)65(79)51-17-13-11-15-49(51)63(59)77)91-69(83)43-26-30-45(31-27-43)73-71(85)89-39-41-22-34-47(87-2)35-23-41/h10-17,20-23,32-37,42-45,56-57,74-75,80-81H,3-9,18-19,24-31,38-39H2,1-2H3,(H,72,84)(H,73,85). The number of amides is 2. The molecular weight excluding hydrogens is 1170 g/mol.